The zero-order chi connectivity index (χ0) is 54.7. The quantitative estimate of drug-likeness (QED) is 0.164. The third-order valence-corrected chi connectivity index (χ3v) is 17.9. The number of pyridine rings is 1. The lowest BCUT2D eigenvalue weighted by Gasteiger charge is -2.18. The Bertz CT molecular complexity index is 5370. The molecule has 7 aromatic heterocycles. The molecule has 0 aliphatic carbocycles. The van der Waals surface area contributed by atoms with Crippen LogP contribution < -0.4 is 0 Å². The normalized spacial score (nSPS) is 12.3. The molecule has 0 unspecified atom stereocenters. The van der Waals surface area contributed by atoms with Gasteiger partial charge in [-0.25, -0.2) is 4.98 Å². The smallest absolute Gasteiger partial charge is 0.142 e. The highest BCUT2D eigenvalue weighted by Crippen LogP contribution is 2.47. The van der Waals surface area contributed by atoms with Crippen LogP contribution >= 0.6 is 0 Å². The van der Waals surface area contributed by atoms with Gasteiger partial charge in [0.25, 0.3) is 0 Å². The van der Waals surface area contributed by atoms with E-state index < -0.39 is 0 Å². The van der Waals surface area contributed by atoms with E-state index in [1.807, 2.05) is 0 Å². The summed E-state index contributed by atoms with van der Waals surface area (Å²) in [6, 6.07) is 105. The van der Waals surface area contributed by atoms with Crippen molar-refractivity contribution in [2.24, 2.45) is 0 Å². The van der Waals surface area contributed by atoms with Gasteiger partial charge in [0.15, 0.2) is 0 Å². The number of hydrogen-bond acceptors (Lipinski definition) is 1. The van der Waals surface area contributed by atoms with E-state index in [0.717, 1.165) is 122 Å². The first-order valence-electron chi connectivity index (χ1n) is 28.8. The maximum absolute atomic E-state index is 6.17. The van der Waals surface area contributed by atoms with E-state index in [2.05, 4.69) is 313 Å². The van der Waals surface area contributed by atoms with Gasteiger partial charge in [-0.3, -0.25) is 9.13 Å². The van der Waals surface area contributed by atoms with Crippen molar-refractivity contribution in [2.45, 2.75) is 0 Å². The summed E-state index contributed by atoms with van der Waals surface area (Å²) in [5.74, 6) is 1.60. The highest BCUT2D eigenvalue weighted by Gasteiger charge is 2.28. The van der Waals surface area contributed by atoms with Gasteiger partial charge in [0.1, 0.15) is 11.6 Å². The largest absolute Gasteiger partial charge is 0.307 e. The summed E-state index contributed by atoms with van der Waals surface area (Å²) in [7, 11) is 0. The van der Waals surface area contributed by atoms with E-state index >= 15 is 0 Å². The third-order valence-electron chi connectivity index (χ3n) is 17.9. The summed E-state index contributed by atoms with van der Waals surface area (Å²) >= 11 is 0. The first-order chi connectivity index (χ1) is 41.7. The Morgan fingerprint density at radius 1 is 0.167 bits per heavy atom. The topological polar surface area (TPSA) is 42.5 Å². The number of rotatable bonds is 6. The van der Waals surface area contributed by atoms with Crippen molar-refractivity contribution >= 4 is 131 Å². The molecule has 0 aliphatic heterocycles. The van der Waals surface area contributed by atoms with Gasteiger partial charge in [-0.1, -0.05) is 200 Å². The second-order valence-corrected chi connectivity index (χ2v) is 22.2. The minimum Gasteiger partial charge on any atom is -0.307 e. The molecular formula is C77H47N7. The van der Waals surface area contributed by atoms with E-state index in [1.165, 1.54) is 43.1 Å². The molecule has 0 bridgehead atoms. The molecule has 19 rings (SSSR count). The molecule has 390 valence electrons. The second-order valence-electron chi connectivity index (χ2n) is 22.2. The molecule has 12 aromatic carbocycles. The zero-order valence-electron chi connectivity index (χ0n) is 45.3. The first-order valence-corrected chi connectivity index (χ1v) is 28.8. The number of fused-ring (bicyclic) bond motifs is 21. The molecule has 7 heteroatoms. The lowest BCUT2D eigenvalue weighted by Crippen LogP contribution is -2.08. The SMILES string of the molecule is c1ccc(-n2c3ccccc3c3ccc4c5ccccc5n(-c5cc(-n6c7ccccc7c7ccc8c9ccccc9n(-c9ccccc9)c8c76)nc(-n6c7ccccc7c7ccc8c9ccccc9n(-c9ccccc9)c8c76)c5)c4c32)cc1. The minimum atomic E-state index is 0.800. The lowest BCUT2D eigenvalue weighted by atomic mass is 10.1. The summed E-state index contributed by atoms with van der Waals surface area (Å²) in [6.07, 6.45) is 0. The highest BCUT2D eigenvalue weighted by molar-refractivity contribution is 6.27. The van der Waals surface area contributed by atoms with Gasteiger partial charge in [-0.15, -0.1) is 0 Å². The average molecular weight is 1070 g/mol. The number of para-hydroxylation sites is 9. The van der Waals surface area contributed by atoms with Gasteiger partial charge in [-0.2, -0.15) is 0 Å². The fourth-order valence-corrected chi connectivity index (χ4v) is 14.6. The molecule has 0 aliphatic rings. The summed E-state index contributed by atoms with van der Waals surface area (Å²) in [4.78, 5) is 6.17. The van der Waals surface area contributed by atoms with Gasteiger partial charge in [0.05, 0.1) is 71.9 Å². The zero-order valence-corrected chi connectivity index (χ0v) is 45.3. The molecule has 0 radical (unpaired) electrons. The Labute approximate surface area is 480 Å². The monoisotopic (exact) mass is 1070 g/mol. The van der Waals surface area contributed by atoms with Crippen molar-refractivity contribution in [3.8, 4) is 34.4 Å². The van der Waals surface area contributed by atoms with Gasteiger partial charge >= 0.3 is 0 Å². The van der Waals surface area contributed by atoms with E-state index in [-0.39, 0.29) is 0 Å². The predicted octanol–water partition coefficient (Wildman–Crippen LogP) is 19.7. The van der Waals surface area contributed by atoms with Crippen molar-refractivity contribution in [1.29, 1.82) is 0 Å². The molecular weight excluding hydrogens is 1020 g/mol. The van der Waals surface area contributed by atoms with Crippen LogP contribution in [0.3, 0.4) is 0 Å². The van der Waals surface area contributed by atoms with Gasteiger partial charge in [-0.05, 0) is 72.8 Å². The molecule has 0 saturated heterocycles. The standard InChI is InChI=1S/C77H47N7/c1-4-22-48(23-5-1)79-64-34-16-10-28-52(64)58-40-41-59-55-31-13-19-37-67(55)82(73(59)72(58)79)51-46-70(83-68-38-20-14-32-56(68)62-44-42-60-53-29-11-17-35-65(53)80(74(60)76(62)83)49-24-6-2-7-25-49)78-71(47-51)84-69-39-21-15-33-57(69)63-45-43-61-54-30-12-18-36-66(54)81(75(61)77(63)84)50-26-8-3-9-27-50/h1-47H. The first kappa shape index (κ1) is 45.3. The molecule has 0 atom stereocenters. The van der Waals surface area contributed by atoms with Crippen molar-refractivity contribution in [1.82, 2.24) is 32.4 Å². The summed E-state index contributed by atoms with van der Waals surface area (Å²) < 4.78 is 14.9. The fourth-order valence-electron chi connectivity index (χ4n) is 14.6. The van der Waals surface area contributed by atoms with E-state index in [0.29, 0.717) is 0 Å². The van der Waals surface area contributed by atoms with Gasteiger partial charge < -0.3 is 18.3 Å². The Kier molecular flexibility index (Phi) is 9.21. The van der Waals surface area contributed by atoms with Crippen molar-refractivity contribution in [3.05, 3.63) is 285 Å². The van der Waals surface area contributed by atoms with E-state index in [4.69, 9.17) is 4.98 Å². The van der Waals surface area contributed by atoms with Crippen LogP contribution in [0.5, 0.6) is 0 Å². The number of benzene rings is 12. The van der Waals surface area contributed by atoms with Crippen molar-refractivity contribution < 1.29 is 0 Å². The van der Waals surface area contributed by atoms with Crippen LogP contribution in [0.25, 0.3) is 165 Å². The van der Waals surface area contributed by atoms with Crippen LogP contribution in [0.4, 0.5) is 0 Å². The molecule has 7 nitrogen and oxygen atoms in total. The second kappa shape index (κ2) is 17.1. The molecule has 7 heterocycles. The number of nitrogens with zero attached hydrogens (tertiary/aromatic N) is 7. The van der Waals surface area contributed by atoms with E-state index in [1.54, 1.807) is 0 Å². The Morgan fingerprint density at radius 2 is 0.369 bits per heavy atom. The van der Waals surface area contributed by atoms with E-state index in [9.17, 15) is 0 Å². The number of hydrogen-bond donors (Lipinski definition) is 0. The van der Waals surface area contributed by atoms with Gasteiger partial charge in [0, 0.05) is 93.8 Å². The third kappa shape index (κ3) is 6.06. The maximum atomic E-state index is 6.17. The summed E-state index contributed by atoms with van der Waals surface area (Å²) in [6.45, 7) is 0. The maximum Gasteiger partial charge on any atom is 0.142 e. The van der Waals surface area contributed by atoms with Crippen LogP contribution in [0, 0.1) is 0 Å². The average Bonchev–Trinajstić information content (AvgIpc) is 3.53. The minimum absolute atomic E-state index is 0.800. The molecule has 0 N–H and O–H groups in total. The van der Waals surface area contributed by atoms with Crippen LogP contribution in [-0.4, -0.2) is 32.4 Å². The van der Waals surface area contributed by atoms with Crippen molar-refractivity contribution in [3.63, 3.8) is 0 Å². The van der Waals surface area contributed by atoms with Crippen LogP contribution in [0.1, 0.15) is 0 Å². The molecule has 0 spiro atoms. The fraction of sp³-hybridized carbons (Fsp3) is 0. The predicted molar refractivity (Wildman–Crippen MR) is 350 cm³/mol. The Balaban J connectivity index is 1.04. The van der Waals surface area contributed by atoms with Crippen LogP contribution in [-0.2, 0) is 0 Å². The Hall–Kier alpha value is -11.4. The summed E-state index contributed by atoms with van der Waals surface area (Å²) in [5.41, 5.74) is 17.7. The van der Waals surface area contributed by atoms with Gasteiger partial charge in [0.2, 0.25) is 0 Å². The molecule has 0 fully saturated rings. The number of aromatic nitrogens is 7. The molecule has 84 heavy (non-hydrogen) atoms. The summed E-state index contributed by atoms with van der Waals surface area (Å²) in [5, 5.41) is 14.1. The van der Waals surface area contributed by atoms with Crippen LogP contribution in [0.15, 0.2) is 285 Å². The van der Waals surface area contributed by atoms with Crippen molar-refractivity contribution in [2.75, 3.05) is 0 Å². The van der Waals surface area contributed by atoms with Crippen LogP contribution in [0.2, 0.25) is 0 Å². The molecule has 19 aromatic rings. The Morgan fingerprint density at radius 3 is 0.631 bits per heavy atom. The molecule has 0 saturated carbocycles. The molecule has 0 amide bonds. The lowest BCUT2D eigenvalue weighted by molar-refractivity contribution is 0.996. The highest BCUT2D eigenvalue weighted by atomic mass is 15.2.